The predicted octanol–water partition coefficient (Wildman–Crippen LogP) is 10.7. The number of amides is 4. The van der Waals surface area contributed by atoms with E-state index in [1.807, 2.05) is 61.8 Å². The average Bonchev–Trinajstić information content (AvgIpc) is 4.34. The van der Waals surface area contributed by atoms with E-state index < -0.39 is 36.3 Å². The van der Waals surface area contributed by atoms with Gasteiger partial charge in [-0.15, -0.1) is 11.3 Å². The summed E-state index contributed by atoms with van der Waals surface area (Å²) >= 11 is 1.73. The Morgan fingerprint density at radius 2 is 1.30 bits per heavy atom. The number of alkyl carbamates (subject to hydrolysis) is 2. The van der Waals surface area contributed by atoms with Gasteiger partial charge in [-0.2, -0.15) is 0 Å². The van der Waals surface area contributed by atoms with E-state index in [4.69, 9.17) is 33.7 Å². The van der Waals surface area contributed by atoms with Gasteiger partial charge in [-0.05, 0) is 159 Å². The number of fused-ring (bicyclic) bond motifs is 5. The third kappa shape index (κ3) is 10.4. The van der Waals surface area contributed by atoms with Crippen LogP contribution >= 0.6 is 11.3 Å². The van der Waals surface area contributed by atoms with Crippen LogP contribution in [0.15, 0.2) is 60.9 Å². The Labute approximate surface area is 462 Å². The highest BCUT2D eigenvalue weighted by atomic mass is 32.1. The summed E-state index contributed by atoms with van der Waals surface area (Å²) in [6.07, 6.45) is 9.14. The minimum absolute atomic E-state index is 0.0520. The summed E-state index contributed by atoms with van der Waals surface area (Å²) < 4.78 is 48.5. The Morgan fingerprint density at radius 1 is 0.734 bits per heavy atom. The van der Waals surface area contributed by atoms with Gasteiger partial charge in [0, 0.05) is 34.5 Å². The van der Waals surface area contributed by atoms with E-state index >= 15 is 4.39 Å². The van der Waals surface area contributed by atoms with Crippen LogP contribution in [0.5, 0.6) is 5.75 Å². The maximum atomic E-state index is 17.2. The molecule has 20 heteroatoms. The average molecular weight is 1100 g/mol. The predicted molar refractivity (Wildman–Crippen MR) is 294 cm³/mol. The highest BCUT2D eigenvalue weighted by molar-refractivity contribution is 7.12. The molecule has 2 aromatic carbocycles. The first-order chi connectivity index (χ1) is 38.2. The van der Waals surface area contributed by atoms with Gasteiger partial charge in [0.1, 0.15) is 35.3 Å². The van der Waals surface area contributed by atoms with Gasteiger partial charge >= 0.3 is 12.2 Å². The lowest BCUT2D eigenvalue weighted by atomic mass is 9.85. The molecule has 418 valence electrons. The topological polar surface area (TPSA) is 207 Å². The zero-order chi connectivity index (χ0) is 54.8. The Morgan fingerprint density at radius 3 is 1.87 bits per heavy atom. The fourth-order valence-electron chi connectivity index (χ4n) is 13.4. The second kappa shape index (κ2) is 21.7. The van der Waals surface area contributed by atoms with Crippen LogP contribution in [0.1, 0.15) is 144 Å². The normalized spacial score (nSPS) is 26.5. The van der Waals surface area contributed by atoms with Gasteiger partial charge in [-0.25, -0.2) is 23.9 Å². The van der Waals surface area contributed by atoms with Crippen LogP contribution in [0.25, 0.3) is 44.7 Å². The van der Waals surface area contributed by atoms with Crippen molar-refractivity contribution in [1.82, 2.24) is 44.9 Å². The minimum Gasteiger partial charge on any atom is -0.464 e. The lowest BCUT2D eigenvalue weighted by molar-refractivity contribution is -0.139. The molecule has 79 heavy (non-hydrogen) atoms. The Balaban J connectivity index is 0.832. The quantitative estimate of drug-likeness (QED) is 0.0856. The van der Waals surface area contributed by atoms with Crippen LogP contribution in [0.3, 0.4) is 0 Å². The molecule has 12 rings (SSSR count). The highest BCUT2D eigenvalue weighted by Gasteiger charge is 2.44. The fourth-order valence-corrected chi connectivity index (χ4v) is 14.6. The minimum atomic E-state index is -0.798. The molecule has 9 heterocycles. The molecule has 6 aliphatic rings. The molecule has 0 spiro atoms. The van der Waals surface area contributed by atoms with Crippen molar-refractivity contribution < 1.29 is 47.3 Å². The van der Waals surface area contributed by atoms with Crippen LogP contribution in [-0.2, 0) is 28.5 Å². The Hall–Kier alpha value is -6.77. The number of aromatic nitrogens is 5. The number of aromatic amines is 2. The van der Waals surface area contributed by atoms with Crippen molar-refractivity contribution in [3.63, 3.8) is 0 Å². The molecule has 18 nitrogen and oxygen atoms in total. The molecule has 1 saturated carbocycles. The van der Waals surface area contributed by atoms with E-state index in [-0.39, 0.29) is 66.8 Å². The number of thiophene rings is 1. The summed E-state index contributed by atoms with van der Waals surface area (Å²) in [6, 6.07) is 13.6. The van der Waals surface area contributed by atoms with Crippen LogP contribution < -0.4 is 15.4 Å². The van der Waals surface area contributed by atoms with E-state index in [1.165, 1.54) is 18.1 Å². The van der Waals surface area contributed by atoms with Gasteiger partial charge in [0.25, 0.3) is 0 Å². The van der Waals surface area contributed by atoms with Crippen LogP contribution in [0, 0.1) is 17.7 Å². The molecule has 1 aliphatic carbocycles. The molecular weight excluding hydrogens is 1030 g/mol. The largest absolute Gasteiger partial charge is 0.464 e. The summed E-state index contributed by atoms with van der Waals surface area (Å²) in [6.45, 7) is 10.9. The molecule has 4 N–H and O–H groups in total. The summed E-state index contributed by atoms with van der Waals surface area (Å²) in [4.78, 5) is 77.2. The second-order valence-electron chi connectivity index (χ2n) is 22.7. The van der Waals surface area contributed by atoms with Crippen LogP contribution in [0.4, 0.5) is 14.0 Å². The third-order valence-corrected chi connectivity index (χ3v) is 18.2. The highest BCUT2D eigenvalue weighted by Crippen LogP contribution is 2.51. The molecule has 5 aliphatic heterocycles. The second-order valence-corrected chi connectivity index (χ2v) is 23.8. The maximum absolute atomic E-state index is 17.2. The number of H-pyrrole nitrogens is 2. The van der Waals surface area contributed by atoms with Gasteiger partial charge in [-0.3, -0.25) is 14.2 Å². The molecule has 4 saturated heterocycles. The van der Waals surface area contributed by atoms with Crippen molar-refractivity contribution in [3.05, 3.63) is 88.1 Å². The molecular formula is C59H70FN9O9S. The number of carbonyl (C=O) groups excluding carboxylic acids is 4. The molecule has 4 aromatic heterocycles. The van der Waals surface area contributed by atoms with Crippen molar-refractivity contribution in [2.45, 2.75) is 160 Å². The first kappa shape index (κ1) is 52.9. The third-order valence-electron chi connectivity index (χ3n) is 17.0. The number of halogens is 1. The van der Waals surface area contributed by atoms with Gasteiger partial charge in [0.15, 0.2) is 0 Å². The molecule has 9 atom stereocenters. The standard InChI is InChI=1S/C59H70FN9O9S/c1-7-75-59(73)66-52(39-22-32(4)77-33(5)23-39)56(71)68-19-9-11-45(68)54-62-29-42(64-54)36-25-40(60)50-46-26-37-24-35(14-15-43(37)69(46)57(78-47(50)27-36)49-17-16-48(79-49)34-12-13-34)41-28-61-53(63-41)44-10-8-18-67(44)55(70)51(65-58(72)74-6)38-20-30(2)76-31(3)21-38/h14-17,24-34,38-39,44-45,51-52,57H,7-13,18-23H2,1-6H3,(H,61,63)(H,62,64)(H,65,72)(H,66,73). The van der Waals surface area contributed by atoms with E-state index in [1.54, 1.807) is 30.7 Å². The van der Waals surface area contributed by atoms with Crippen molar-refractivity contribution >= 4 is 46.2 Å². The molecule has 5 fully saturated rings. The summed E-state index contributed by atoms with van der Waals surface area (Å²) in [5.74, 6) is 1.12. The monoisotopic (exact) mass is 1100 g/mol. The van der Waals surface area contributed by atoms with E-state index in [9.17, 15) is 19.2 Å². The molecule has 0 bridgehead atoms. The molecule has 0 radical (unpaired) electrons. The summed E-state index contributed by atoms with van der Waals surface area (Å²) in [5, 5.41) is 6.66. The molecule has 6 aromatic rings. The number of imidazole rings is 2. The smallest absolute Gasteiger partial charge is 0.407 e. The number of rotatable bonds is 13. The molecule has 9 unspecified atom stereocenters. The van der Waals surface area contributed by atoms with E-state index in [2.05, 4.69) is 43.4 Å². The number of hydrogen-bond donors (Lipinski definition) is 4. The number of ether oxygens (including phenoxy) is 5. The number of nitrogens with zero attached hydrogens (tertiary/aromatic N) is 5. The number of hydrogen-bond acceptors (Lipinski definition) is 12. The SMILES string of the molecule is CCOC(=O)NC(C(=O)N1CCCC1c1ncc(-c2cc(F)c3c(c2)OC(c2ccc(C4CC4)s2)n2c-3cc3cc(-c4cnc(C5CCCN5C(=O)C(NC(=O)OC)C5CC(C)OC(C)C5)[nH]4)ccc32)[nH]1)C1CC(C)OC(C)C1. The number of likely N-dealkylation sites (tertiary alicyclic amines) is 2. The van der Waals surface area contributed by atoms with Crippen molar-refractivity contribution in [2.75, 3.05) is 26.8 Å². The van der Waals surface area contributed by atoms with Crippen LogP contribution in [0.2, 0.25) is 0 Å². The maximum Gasteiger partial charge on any atom is 0.407 e. The molecule has 4 amide bonds. The van der Waals surface area contributed by atoms with Crippen molar-refractivity contribution in [1.29, 1.82) is 0 Å². The lowest BCUT2D eigenvalue weighted by Gasteiger charge is -2.38. The number of benzene rings is 2. The lowest BCUT2D eigenvalue weighted by Crippen LogP contribution is -2.54. The van der Waals surface area contributed by atoms with Crippen LogP contribution in [-0.4, -0.2) is 122 Å². The first-order valence-electron chi connectivity index (χ1n) is 28.3. The zero-order valence-corrected chi connectivity index (χ0v) is 46.4. The van der Waals surface area contributed by atoms with Gasteiger partial charge in [-0.1, -0.05) is 6.07 Å². The van der Waals surface area contributed by atoms with Crippen molar-refractivity contribution in [3.8, 4) is 39.5 Å². The Bertz CT molecular complexity index is 3260. The Kier molecular flexibility index (Phi) is 14.5. The number of nitrogens with one attached hydrogen (secondary N) is 4. The number of methoxy groups -OCH3 is 1. The van der Waals surface area contributed by atoms with Gasteiger partial charge in [0.2, 0.25) is 18.0 Å². The number of carbonyl (C=O) groups is 4. The fraction of sp³-hybridized carbons (Fsp3) is 0.525. The van der Waals surface area contributed by atoms with Crippen molar-refractivity contribution in [2.24, 2.45) is 11.8 Å². The summed E-state index contributed by atoms with van der Waals surface area (Å²) in [5.41, 5.74) is 4.68. The van der Waals surface area contributed by atoms with E-state index in [0.29, 0.717) is 97.4 Å². The van der Waals surface area contributed by atoms with Gasteiger partial charge < -0.3 is 54.1 Å². The first-order valence-corrected chi connectivity index (χ1v) is 29.1. The van der Waals surface area contributed by atoms with E-state index in [0.717, 1.165) is 52.7 Å². The summed E-state index contributed by atoms with van der Waals surface area (Å²) in [7, 11) is 1.31. The van der Waals surface area contributed by atoms with Gasteiger partial charge in [0.05, 0.1) is 95.6 Å². The zero-order valence-electron chi connectivity index (χ0n) is 45.6.